The van der Waals surface area contributed by atoms with Gasteiger partial charge in [0.15, 0.2) is 5.58 Å². The first-order valence-corrected chi connectivity index (χ1v) is 5.77. The van der Waals surface area contributed by atoms with Crippen molar-refractivity contribution in [3.8, 4) is 0 Å². The van der Waals surface area contributed by atoms with E-state index in [1.54, 1.807) is 6.07 Å². The number of pyridine rings is 1. The number of rotatable bonds is 1. The normalized spacial score (nSPS) is 11.0. The van der Waals surface area contributed by atoms with Gasteiger partial charge in [-0.05, 0) is 22.2 Å². The van der Waals surface area contributed by atoms with E-state index in [-0.39, 0.29) is 0 Å². The molecule has 68 valence electrons. The highest BCUT2D eigenvalue weighted by molar-refractivity contribution is 9.10. The largest absolute Gasteiger partial charge is 0.430 e. The van der Waals surface area contributed by atoms with Crippen LogP contribution < -0.4 is 0 Å². The summed E-state index contributed by atoms with van der Waals surface area (Å²) < 4.78 is 6.07. The van der Waals surface area contributed by atoms with Crippen LogP contribution in [0.25, 0.3) is 11.2 Å². The fourth-order valence-electron chi connectivity index (χ4n) is 0.887. The van der Waals surface area contributed by atoms with Gasteiger partial charge in [0.1, 0.15) is 5.15 Å². The molecule has 0 unspecified atom stereocenters. The molecule has 3 nitrogen and oxygen atoms in total. The average Bonchev–Trinajstić information content (AvgIpc) is 2.48. The van der Waals surface area contributed by atoms with Crippen LogP contribution in [-0.4, -0.2) is 16.2 Å². The number of nitrogens with zero attached hydrogens (tertiary/aromatic N) is 2. The Balaban J connectivity index is 2.70. The molecule has 2 heterocycles. The van der Waals surface area contributed by atoms with Gasteiger partial charge in [0.2, 0.25) is 5.65 Å². The molecule has 0 N–H and O–H groups in total. The molecule has 0 saturated heterocycles. The lowest BCUT2D eigenvalue weighted by atomic mass is 10.5. The van der Waals surface area contributed by atoms with Crippen LogP contribution in [-0.2, 0) is 0 Å². The molecule has 0 atom stereocenters. The van der Waals surface area contributed by atoms with Gasteiger partial charge < -0.3 is 4.42 Å². The summed E-state index contributed by atoms with van der Waals surface area (Å²) in [5.74, 6) is 0. The summed E-state index contributed by atoms with van der Waals surface area (Å²) in [6.07, 6.45) is 1.89. The highest BCUT2D eigenvalue weighted by Gasteiger charge is 2.08. The second-order valence-electron chi connectivity index (χ2n) is 2.27. The van der Waals surface area contributed by atoms with Crippen LogP contribution in [0, 0.1) is 0 Å². The van der Waals surface area contributed by atoms with Crippen LogP contribution in [0.15, 0.2) is 20.2 Å². The molecule has 0 saturated carbocycles. The third-order valence-electron chi connectivity index (χ3n) is 1.45. The molecule has 0 amide bonds. The minimum atomic E-state index is 0.397. The molecule has 6 heteroatoms. The highest BCUT2D eigenvalue weighted by atomic mass is 79.9. The summed E-state index contributed by atoms with van der Waals surface area (Å²) in [7, 11) is 0. The van der Waals surface area contributed by atoms with E-state index in [9.17, 15) is 0 Å². The van der Waals surface area contributed by atoms with E-state index in [1.807, 2.05) is 6.26 Å². The van der Waals surface area contributed by atoms with Crippen LogP contribution in [0.2, 0.25) is 5.15 Å². The number of oxazole rings is 1. The maximum absolute atomic E-state index is 5.79. The van der Waals surface area contributed by atoms with Crippen LogP contribution in [0.4, 0.5) is 0 Å². The Kier molecular flexibility index (Phi) is 2.49. The van der Waals surface area contributed by atoms with Crippen molar-refractivity contribution >= 4 is 50.5 Å². The molecule has 0 aliphatic rings. The van der Waals surface area contributed by atoms with Gasteiger partial charge in [0, 0.05) is 6.07 Å². The Labute approximate surface area is 92.0 Å². The van der Waals surface area contributed by atoms with Crippen molar-refractivity contribution in [2.45, 2.75) is 5.22 Å². The number of halogens is 2. The predicted molar refractivity (Wildman–Crippen MR) is 56.3 cm³/mol. The lowest BCUT2D eigenvalue weighted by Crippen LogP contribution is -1.78. The van der Waals surface area contributed by atoms with Crippen molar-refractivity contribution < 1.29 is 4.42 Å². The van der Waals surface area contributed by atoms with Gasteiger partial charge in [0.05, 0.1) is 4.47 Å². The fraction of sp³-hybridized carbons (Fsp3) is 0.143. The van der Waals surface area contributed by atoms with Crippen LogP contribution in [0.1, 0.15) is 0 Å². The first kappa shape index (κ1) is 9.30. The lowest BCUT2D eigenvalue weighted by molar-refractivity contribution is 0.490. The van der Waals surface area contributed by atoms with Gasteiger partial charge in [-0.15, -0.1) is 0 Å². The molecule has 0 fully saturated rings. The third-order valence-corrected chi connectivity index (χ3v) is 3.09. The second kappa shape index (κ2) is 3.48. The van der Waals surface area contributed by atoms with Crippen LogP contribution in [0.5, 0.6) is 0 Å². The number of thioether (sulfide) groups is 1. The van der Waals surface area contributed by atoms with E-state index < -0.39 is 0 Å². The fourth-order valence-corrected chi connectivity index (χ4v) is 1.67. The molecular formula is C7H4BrClN2OS. The van der Waals surface area contributed by atoms with Gasteiger partial charge in [-0.3, -0.25) is 0 Å². The van der Waals surface area contributed by atoms with E-state index in [0.717, 1.165) is 0 Å². The minimum Gasteiger partial charge on any atom is -0.430 e. The molecule has 2 aromatic heterocycles. The third kappa shape index (κ3) is 1.68. The van der Waals surface area contributed by atoms with Crippen LogP contribution in [0.3, 0.4) is 0 Å². The van der Waals surface area contributed by atoms with Crippen molar-refractivity contribution in [3.05, 3.63) is 15.7 Å². The Morgan fingerprint density at radius 2 is 2.31 bits per heavy atom. The molecule has 0 bridgehead atoms. The molecule has 0 radical (unpaired) electrons. The first-order chi connectivity index (χ1) is 6.20. The first-order valence-electron chi connectivity index (χ1n) is 3.37. The number of hydrogen-bond acceptors (Lipinski definition) is 4. The highest BCUT2D eigenvalue weighted by Crippen LogP contribution is 2.27. The van der Waals surface area contributed by atoms with E-state index >= 15 is 0 Å². The maximum Gasteiger partial charge on any atom is 0.258 e. The van der Waals surface area contributed by atoms with Gasteiger partial charge >= 0.3 is 0 Å². The van der Waals surface area contributed by atoms with Crippen molar-refractivity contribution in [1.29, 1.82) is 0 Å². The summed E-state index contributed by atoms with van der Waals surface area (Å²) in [6.45, 7) is 0. The van der Waals surface area contributed by atoms with Crippen molar-refractivity contribution in [2.24, 2.45) is 0 Å². The number of hydrogen-bond donors (Lipinski definition) is 0. The number of fused-ring (bicyclic) bond motifs is 1. The Morgan fingerprint density at radius 3 is 3.00 bits per heavy atom. The zero-order valence-electron chi connectivity index (χ0n) is 6.54. The molecule has 0 aliphatic carbocycles. The standard InChI is InChI=1S/C7H4BrClN2OS/c1-13-7-11-6-4(12-7)2-3(8)5(9)10-6/h2H,1H3. The predicted octanol–water partition coefficient (Wildman–Crippen LogP) is 3.36. The maximum atomic E-state index is 5.79. The summed E-state index contributed by atoms with van der Waals surface area (Å²) in [5, 5.41) is 0.991. The van der Waals surface area contributed by atoms with Gasteiger partial charge in [0.25, 0.3) is 5.22 Å². The van der Waals surface area contributed by atoms with Crippen molar-refractivity contribution in [1.82, 2.24) is 9.97 Å². The summed E-state index contributed by atoms with van der Waals surface area (Å²) in [5.41, 5.74) is 1.18. The molecular weight excluding hydrogens is 276 g/mol. The second-order valence-corrected chi connectivity index (χ2v) is 4.24. The van der Waals surface area contributed by atoms with E-state index in [2.05, 4.69) is 25.9 Å². The van der Waals surface area contributed by atoms with E-state index in [4.69, 9.17) is 16.0 Å². The zero-order valence-corrected chi connectivity index (χ0v) is 9.70. The van der Waals surface area contributed by atoms with Gasteiger partial charge in [-0.1, -0.05) is 23.4 Å². The summed E-state index contributed by atoms with van der Waals surface area (Å²) in [4.78, 5) is 8.16. The smallest absolute Gasteiger partial charge is 0.258 e. The molecule has 13 heavy (non-hydrogen) atoms. The topological polar surface area (TPSA) is 38.9 Å². The summed E-state index contributed by atoms with van der Waals surface area (Å²) >= 11 is 10.5. The molecule has 0 aromatic carbocycles. The lowest BCUT2D eigenvalue weighted by Gasteiger charge is -1.91. The van der Waals surface area contributed by atoms with Crippen molar-refractivity contribution in [3.63, 3.8) is 0 Å². The number of aromatic nitrogens is 2. The SMILES string of the molecule is CSc1nc2nc(Cl)c(Br)cc2o1. The summed E-state index contributed by atoms with van der Waals surface area (Å²) in [6, 6.07) is 1.76. The monoisotopic (exact) mass is 278 g/mol. The van der Waals surface area contributed by atoms with Gasteiger partial charge in [-0.2, -0.15) is 4.98 Å². The minimum absolute atomic E-state index is 0.397. The quantitative estimate of drug-likeness (QED) is 0.593. The average molecular weight is 280 g/mol. The Morgan fingerprint density at radius 1 is 1.54 bits per heavy atom. The molecule has 0 spiro atoms. The van der Waals surface area contributed by atoms with E-state index in [0.29, 0.717) is 26.1 Å². The van der Waals surface area contributed by atoms with Gasteiger partial charge in [-0.25, -0.2) is 4.98 Å². The van der Waals surface area contributed by atoms with Crippen LogP contribution >= 0.6 is 39.3 Å². The van der Waals surface area contributed by atoms with E-state index in [1.165, 1.54) is 11.8 Å². The Hall–Kier alpha value is -0.260. The molecule has 2 aromatic rings. The van der Waals surface area contributed by atoms with Crippen molar-refractivity contribution in [2.75, 3.05) is 6.26 Å². The zero-order chi connectivity index (χ0) is 9.42. The Bertz CT molecular complexity index is 420. The molecule has 2 rings (SSSR count). The molecule has 0 aliphatic heterocycles.